The lowest BCUT2D eigenvalue weighted by Crippen LogP contribution is -2.29. The van der Waals surface area contributed by atoms with E-state index in [9.17, 15) is 0 Å². The van der Waals surface area contributed by atoms with Crippen molar-refractivity contribution in [2.24, 2.45) is 0 Å². The minimum atomic E-state index is -0.00767. The number of furan rings is 1. The van der Waals surface area contributed by atoms with Crippen LogP contribution in [-0.4, -0.2) is 20.0 Å². The lowest BCUT2D eigenvalue weighted by atomic mass is 10.0. The Morgan fingerprint density at radius 2 is 2.12 bits per heavy atom. The van der Waals surface area contributed by atoms with Crippen LogP contribution in [0.1, 0.15) is 34.9 Å². The van der Waals surface area contributed by atoms with Gasteiger partial charge in [0.25, 0.3) is 0 Å². The maximum absolute atomic E-state index is 5.61. The van der Waals surface area contributed by atoms with E-state index in [0.717, 1.165) is 22.8 Å². The van der Waals surface area contributed by atoms with Crippen LogP contribution in [0.3, 0.4) is 0 Å². The van der Waals surface area contributed by atoms with Crippen molar-refractivity contribution >= 4 is 17.3 Å². The van der Waals surface area contributed by atoms with Gasteiger partial charge in [0.15, 0.2) is 5.11 Å². The van der Waals surface area contributed by atoms with E-state index in [1.807, 2.05) is 36.5 Å². The van der Waals surface area contributed by atoms with Gasteiger partial charge >= 0.3 is 0 Å². The molecule has 5 nitrogen and oxygen atoms in total. The van der Waals surface area contributed by atoms with Gasteiger partial charge in [0.05, 0.1) is 30.6 Å². The fraction of sp³-hybridized carbons (Fsp3) is 0.222. The number of aryl methyl sites for hydroxylation is 1. The highest BCUT2D eigenvalue weighted by atomic mass is 32.1. The number of hydrogen-bond donors (Lipinski definition) is 2. The molecule has 1 aliphatic heterocycles. The zero-order valence-corrected chi connectivity index (χ0v) is 14.1. The van der Waals surface area contributed by atoms with E-state index in [1.165, 1.54) is 0 Å². The second-order valence-electron chi connectivity index (χ2n) is 5.93. The summed E-state index contributed by atoms with van der Waals surface area (Å²) in [6, 6.07) is 14.0. The fourth-order valence-electron chi connectivity index (χ4n) is 3.18. The Labute approximate surface area is 145 Å². The molecule has 2 N–H and O–H groups in total. The molecule has 122 valence electrons. The zero-order valence-electron chi connectivity index (χ0n) is 13.3. The Balaban J connectivity index is 1.73. The van der Waals surface area contributed by atoms with Crippen molar-refractivity contribution in [1.82, 2.24) is 20.2 Å². The van der Waals surface area contributed by atoms with E-state index < -0.39 is 0 Å². The first-order valence-corrected chi connectivity index (χ1v) is 8.29. The third-order valence-electron chi connectivity index (χ3n) is 4.28. The maximum Gasteiger partial charge on any atom is 0.170 e. The molecule has 1 saturated heterocycles. The number of thiocarbonyl (C=S) groups is 1. The average molecular weight is 338 g/mol. The second-order valence-corrected chi connectivity index (χ2v) is 6.32. The smallest absolute Gasteiger partial charge is 0.170 e. The van der Waals surface area contributed by atoms with Gasteiger partial charge in [0.1, 0.15) is 5.76 Å². The Bertz CT molecular complexity index is 828. The SMILES string of the molecule is Cc1ccc([C@@H]2[C@H](c3ccccn3)NC(=S)N2Cc2ccco2)[nH]1. The average Bonchev–Trinajstić information content (AvgIpc) is 3.31. The minimum absolute atomic E-state index is 0.00767. The van der Waals surface area contributed by atoms with Gasteiger partial charge in [-0.15, -0.1) is 0 Å². The van der Waals surface area contributed by atoms with Crippen molar-refractivity contribution in [1.29, 1.82) is 0 Å². The number of rotatable bonds is 4. The molecule has 24 heavy (non-hydrogen) atoms. The summed E-state index contributed by atoms with van der Waals surface area (Å²) in [6.45, 7) is 2.67. The number of aromatic amines is 1. The third-order valence-corrected chi connectivity index (χ3v) is 4.63. The molecule has 0 spiro atoms. The first kappa shape index (κ1) is 15.0. The van der Waals surface area contributed by atoms with Crippen LogP contribution in [0.25, 0.3) is 0 Å². The van der Waals surface area contributed by atoms with Crippen LogP contribution >= 0.6 is 12.2 Å². The third kappa shape index (κ3) is 2.69. The molecule has 0 unspecified atom stereocenters. The highest BCUT2D eigenvalue weighted by Crippen LogP contribution is 2.38. The van der Waals surface area contributed by atoms with Gasteiger partial charge in [-0.05, 0) is 55.5 Å². The van der Waals surface area contributed by atoms with E-state index >= 15 is 0 Å². The highest BCUT2D eigenvalue weighted by Gasteiger charge is 2.40. The van der Waals surface area contributed by atoms with Gasteiger partial charge in [-0.3, -0.25) is 4.98 Å². The van der Waals surface area contributed by atoms with Crippen LogP contribution in [-0.2, 0) is 6.54 Å². The molecule has 0 radical (unpaired) electrons. The van der Waals surface area contributed by atoms with Gasteiger partial charge in [0, 0.05) is 17.6 Å². The Morgan fingerprint density at radius 3 is 2.79 bits per heavy atom. The molecule has 2 atom stereocenters. The molecule has 3 aromatic heterocycles. The number of nitrogens with zero attached hydrogens (tertiary/aromatic N) is 2. The summed E-state index contributed by atoms with van der Waals surface area (Å²) >= 11 is 5.61. The van der Waals surface area contributed by atoms with Gasteiger partial charge in [-0.2, -0.15) is 0 Å². The van der Waals surface area contributed by atoms with E-state index in [2.05, 4.69) is 39.2 Å². The summed E-state index contributed by atoms with van der Waals surface area (Å²) in [5.74, 6) is 0.883. The second kappa shape index (κ2) is 6.13. The predicted octanol–water partition coefficient (Wildman–Crippen LogP) is 3.48. The molecular weight excluding hydrogens is 320 g/mol. The summed E-state index contributed by atoms with van der Waals surface area (Å²) in [6.07, 6.45) is 3.50. The molecule has 6 heteroatoms. The summed E-state index contributed by atoms with van der Waals surface area (Å²) < 4.78 is 5.52. The van der Waals surface area contributed by atoms with E-state index in [-0.39, 0.29) is 12.1 Å². The number of pyridine rings is 1. The van der Waals surface area contributed by atoms with Crippen LogP contribution in [0, 0.1) is 6.92 Å². The molecule has 0 aliphatic carbocycles. The molecule has 0 amide bonds. The van der Waals surface area contributed by atoms with Crippen LogP contribution in [0.4, 0.5) is 0 Å². The summed E-state index contributed by atoms with van der Waals surface area (Å²) in [4.78, 5) is 10.1. The first-order valence-electron chi connectivity index (χ1n) is 7.88. The fourth-order valence-corrected chi connectivity index (χ4v) is 3.49. The molecule has 4 rings (SSSR count). The summed E-state index contributed by atoms with van der Waals surface area (Å²) in [5.41, 5.74) is 3.21. The molecule has 0 bridgehead atoms. The molecule has 3 aromatic rings. The molecular formula is C18H18N4OS. The molecule has 1 fully saturated rings. The number of hydrogen-bond acceptors (Lipinski definition) is 3. The van der Waals surface area contributed by atoms with Crippen LogP contribution in [0.15, 0.2) is 59.3 Å². The van der Waals surface area contributed by atoms with Crippen LogP contribution in [0.5, 0.6) is 0 Å². The molecule has 0 saturated carbocycles. The lowest BCUT2D eigenvalue weighted by molar-refractivity contribution is 0.283. The van der Waals surface area contributed by atoms with Crippen molar-refractivity contribution in [2.45, 2.75) is 25.6 Å². The Morgan fingerprint density at radius 1 is 1.21 bits per heavy atom. The van der Waals surface area contributed by atoms with Gasteiger partial charge in [-0.25, -0.2) is 0 Å². The van der Waals surface area contributed by atoms with Crippen molar-refractivity contribution in [2.75, 3.05) is 0 Å². The number of nitrogens with one attached hydrogen (secondary N) is 2. The van der Waals surface area contributed by atoms with E-state index in [0.29, 0.717) is 11.7 Å². The van der Waals surface area contributed by atoms with Gasteiger partial charge < -0.3 is 19.6 Å². The van der Waals surface area contributed by atoms with Crippen LogP contribution < -0.4 is 5.32 Å². The minimum Gasteiger partial charge on any atom is -0.467 e. The zero-order chi connectivity index (χ0) is 16.5. The van der Waals surface area contributed by atoms with Gasteiger partial charge in [-0.1, -0.05) is 6.07 Å². The quantitative estimate of drug-likeness (QED) is 0.713. The largest absolute Gasteiger partial charge is 0.467 e. The number of H-pyrrole nitrogens is 1. The van der Waals surface area contributed by atoms with Crippen molar-refractivity contribution in [3.05, 3.63) is 77.8 Å². The molecule has 4 heterocycles. The predicted molar refractivity (Wildman–Crippen MR) is 95.2 cm³/mol. The standard InChI is InChI=1S/C18H18N4OS/c1-12-7-8-15(20-12)17-16(14-6-2-3-9-19-14)21-18(24)22(17)11-13-5-4-10-23-13/h2-10,16-17,20H,11H2,1H3,(H,21,24)/t16-,17+/m0/s1. The monoisotopic (exact) mass is 338 g/mol. The molecule has 0 aromatic carbocycles. The van der Waals surface area contributed by atoms with E-state index in [1.54, 1.807) is 6.26 Å². The van der Waals surface area contributed by atoms with E-state index in [4.69, 9.17) is 16.6 Å². The lowest BCUT2D eigenvalue weighted by Gasteiger charge is -2.26. The summed E-state index contributed by atoms with van der Waals surface area (Å²) in [7, 11) is 0. The normalized spacial score (nSPS) is 20.4. The molecule has 1 aliphatic rings. The van der Waals surface area contributed by atoms with Crippen molar-refractivity contribution in [3.8, 4) is 0 Å². The summed E-state index contributed by atoms with van der Waals surface area (Å²) in [5, 5.41) is 4.13. The topological polar surface area (TPSA) is 57.1 Å². The highest BCUT2D eigenvalue weighted by molar-refractivity contribution is 7.80. The number of aromatic nitrogens is 2. The van der Waals surface area contributed by atoms with Crippen molar-refractivity contribution < 1.29 is 4.42 Å². The Kier molecular flexibility index (Phi) is 3.82. The Hall–Kier alpha value is -2.60. The van der Waals surface area contributed by atoms with Crippen LogP contribution in [0.2, 0.25) is 0 Å². The van der Waals surface area contributed by atoms with Gasteiger partial charge in [0.2, 0.25) is 0 Å². The maximum atomic E-state index is 5.61. The van der Waals surface area contributed by atoms with Crippen molar-refractivity contribution in [3.63, 3.8) is 0 Å². The first-order chi connectivity index (χ1) is 11.7.